The van der Waals surface area contributed by atoms with Crippen molar-refractivity contribution in [1.29, 1.82) is 0 Å². The number of aromatic nitrogens is 8. The third-order valence-corrected chi connectivity index (χ3v) is 2.57. The molecule has 3 aromatic rings. The Bertz CT molecular complexity index is 695. The lowest BCUT2D eigenvalue weighted by molar-refractivity contribution is 0.693. The fraction of sp³-hybridized carbons (Fsp3) is 0. The van der Waals surface area contributed by atoms with Crippen molar-refractivity contribution in [2.75, 3.05) is 10.1 Å². The summed E-state index contributed by atoms with van der Waals surface area (Å²) in [6.07, 6.45) is 7.78. The maximum atomic E-state index is 4.21. The van der Waals surface area contributed by atoms with Gasteiger partial charge in [-0.05, 0) is 0 Å². The van der Waals surface area contributed by atoms with Gasteiger partial charge >= 0.3 is 0 Å². The van der Waals surface area contributed by atoms with E-state index in [2.05, 4.69) is 46.0 Å². The van der Waals surface area contributed by atoms with Crippen LogP contribution in [0, 0.1) is 0 Å². The Balaban J connectivity index is 1.78. The summed E-state index contributed by atoms with van der Waals surface area (Å²) in [6, 6.07) is 0. The first-order chi connectivity index (χ1) is 9.93. The van der Waals surface area contributed by atoms with Crippen molar-refractivity contribution >= 4 is 17.9 Å². The number of nitrogens with zero attached hydrogens (tertiary/aromatic N) is 9. The average molecular weight is 272 g/mol. The predicted octanol–water partition coefficient (Wildman–Crippen LogP) is -1.32. The molecule has 0 fully saturated rings. The van der Waals surface area contributed by atoms with Gasteiger partial charge < -0.3 is 4.98 Å². The van der Waals surface area contributed by atoms with Crippen molar-refractivity contribution in [3.63, 3.8) is 0 Å². The van der Waals surface area contributed by atoms with Crippen LogP contribution in [0.25, 0.3) is 0 Å². The molecular formula is C8H8N12. The standard InChI is InChI=1S/C8H8N12/c1-2-10-6(9-1)20-17-16-8(18-4-13-14-5-18)19(20)7-11-3-12-15-7/h1-5,17H,(H,9,10)(H,11,12,15). The van der Waals surface area contributed by atoms with Crippen molar-refractivity contribution in [1.82, 2.24) is 45.4 Å². The van der Waals surface area contributed by atoms with Crippen LogP contribution in [-0.4, -0.2) is 45.9 Å². The van der Waals surface area contributed by atoms with Crippen LogP contribution in [0.3, 0.4) is 0 Å². The summed E-state index contributed by atoms with van der Waals surface area (Å²) in [4.78, 5) is 11.3. The lowest BCUT2D eigenvalue weighted by atomic mass is 10.7. The third kappa shape index (κ3) is 1.48. The molecule has 0 amide bonds. The monoisotopic (exact) mass is 272 g/mol. The zero-order valence-corrected chi connectivity index (χ0v) is 9.91. The first kappa shape index (κ1) is 10.5. The number of rotatable bonds is 2. The van der Waals surface area contributed by atoms with Crippen LogP contribution in [0.15, 0.2) is 36.5 Å². The summed E-state index contributed by atoms with van der Waals surface area (Å²) < 4.78 is 1.62. The van der Waals surface area contributed by atoms with Gasteiger partial charge in [-0.1, -0.05) is 0 Å². The molecule has 0 spiro atoms. The lowest BCUT2D eigenvalue weighted by Gasteiger charge is -2.25. The van der Waals surface area contributed by atoms with E-state index in [-0.39, 0.29) is 0 Å². The smallest absolute Gasteiger partial charge is 0.259 e. The number of hydrazone groups is 1. The van der Waals surface area contributed by atoms with E-state index >= 15 is 0 Å². The average Bonchev–Trinajstić information content (AvgIpc) is 3.23. The van der Waals surface area contributed by atoms with Crippen LogP contribution in [0.2, 0.25) is 0 Å². The fourth-order valence-electron chi connectivity index (χ4n) is 1.75. The van der Waals surface area contributed by atoms with Crippen molar-refractivity contribution in [3.8, 4) is 0 Å². The molecule has 12 heteroatoms. The van der Waals surface area contributed by atoms with Crippen LogP contribution in [0.4, 0.5) is 11.9 Å². The molecule has 0 aromatic carbocycles. The normalized spacial score (nSPS) is 14.5. The molecule has 100 valence electrons. The largest absolute Gasteiger partial charge is 0.328 e. The first-order valence-corrected chi connectivity index (χ1v) is 5.57. The van der Waals surface area contributed by atoms with Crippen LogP contribution in [-0.2, 0) is 0 Å². The van der Waals surface area contributed by atoms with Crippen molar-refractivity contribution in [2.24, 2.45) is 5.10 Å². The number of anilines is 2. The van der Waals surface area contributed by atoms with E-state index in [9.17, 15) is 0 Å². The number of imidazole rings is 1. The summed E-state index contributed by atoms with van der Waals surface area (Å²) in [5.74, 6) is 1.48. The van der Waals surface area contributed by atoms with Gasteiger partial charge in [0.2, 0.25) is 11.9 Å². The Labute approximate surface area is 111 Å². The van der Waals surface area contributed by atoms with Gasteiger partial charge in [-0.25, -0.2) is 10.1 Å². The second-order valence-electron chi connectivity index (χ2n) is 3.73. The topological polar surface area (TPSA) is 132 Å². The van der Waals surface area contributed by atoms with Gasteiger partial charge in [-0.2, -0.15) is 20.6 Å². The molecule has 0 bridgehead atoms. The lowest BCUT2D eigenvalue weighted by Crippen LogP contribution is -2.49. The van der Waals surface area contributed by atoms with Gasteiger partial charge in [0.15, 0.2) is 0 Å². The number of H-pyrrole nitrogens is 2. The van der Waals surface area contributed by atoms with E-state index in [1.165, 1.54) is 19.0 Å². The number of aromatic amines is 2. The Hall–Kier alpha value is -3.44. The first-order valence-electron chi connectivity index (χ1n) is 5.57. The van der Waals surface area contributed by atoms with Gasteiger partial charge in [0.25, 0.3) is 5.96 Å². The van der Waals surface area contributed by atoms with Gasteiger partial charge in [0.05, 0.1) is 0 Å². The summed E-state index contributed by atoms with van der Waals surface area (Å²) >= 11 is 0. The van der Waals surface area contributed by atoms with E-state index in [1.54, 1.807) is 27.1 Å². The van der Waals surface area contributed by atoms with E-state index in [0.29, 0.717) is 17.9 Å². The molecule has 0 unspecified atom stereocenters. The Morgan fingerprint density at radius 1 is 1.05 bits per heavy atom. The van der Waals surface area contributed by atoms with E-state index in [1.807, 2.05) is 0 Å². The number of hydrazine groups is 2. The maximum Gasteiger partial charge on any atom is 0.259 e. The molecule has 12 nitrogen and oxygen atoms in total. The molecule has 1 aliphatic heterocycles. The zero-order chi connectivity index (χ0) is 13.4. The second kappa shape index (κ2) is 4.04. The predicted molar refractivity (Wildman–Crippen MR) is 65.9 cm³/mol. The molecule has 1 aliphatic rings. The SMILES string of the molecule is c1c[nH]c(N2NN=C(n3cnnc3)N2c2ncn[nH]2)n1. The summed E-state index contributed by atoms with van der Waals surface area (Å²) in [7, 11) is 0. The van der Waals surface area contributed by atoms with E-state index < -0.39 is 0 Å². The van der Waals surface area contributed by atoms with Gasteiger partial charge in [-0.15, -0.1) is 20.4 Å². The Morgan fingerprint density at radius 2 is 1.95 bits per heavy atom. The minimum atomic E-state index is 0.457. The molecule has 4 heterocycles. The van der Waals surface area contributed by atoms with E-state index in [0.717, 1.165) is 0 Å². The van der Waals surface area contributed by atoms with E-state index in [4.69, 9.17) is 0 Å². The molecule has 4 rings (SSSR count). The van der Waals surface area contributed by atoms with Crippen LogP contribution < -0.4 is 15.7 Å². The summed E-state index contributed by atoms with van der Waals surface area (Å²) in [5, 5.41) is 21.5. The van der Waals surface area contributed by atoms with Crippen LogP contribution >= 0.6 is 0 Å². The molecule has 0 saturated heterocycles. The molecule has 3 aromatic heterocycles. The summed E-state index contributed by atoms with van der Waals surface area (Å²) in [6.45, 7) is 0. The summed E-state index contributed by atoms with van der Waals surface area (Å²) in [5.41, 5.74) is 2.83. The highest BCUT2D eigenvalue weighted by atomic mass is 16.0. The quantitative estimate of drug-likeness (QED) is 0.523. The van der Waals surface area contributed by atoms with Gasteiger partial charge in [-0.3, -0.25) is 4.57 Å². The Morgan fingerprint density at radius 3 is 2.65 bits per heavy atom. The highest BCUT2D eigenvalue weighted by Crippen LogP contribution is 2.18. The van der Waals surface area contributed by atoms with Crippen molar-refractivity contribution in [3.05, 3.63) is 31.4 Å². The minimum absolute atomic E-state index is 0.457. The molecule has 0 radical (unpaired) electrons. The van der Waals surface area contributed by atoms with Gasteiger partial charge in [0.1, 0.15) is 19.0 Å². The maximum absolute atomic E-state index is 4.21. The van der Waals surface area contributed by atoms with Crippen LogP contribution in [0.5, 0.6) is 0 Å². The molecular weight excluding hydrogens is 264 g/mol. The number of nitrogens with one attached hydrogen (secondary N) is 3. The van der Waals surface area contributed by atoms with Gasteiger partial charge in [0, 0.05) is 12.4 Å². The minimum Gasteiger partial charge on any atom is -0.328 e. The fourth-order valence-corrected chi connectivity index (χ4v) is 1.75. The molecule has 3 N–H and O–H groups in total. The van der Waals surface area contributed by atoms with Crippen LogP contribution in [0.1, 0.15) is 0 Å². The highest BCUT2D eigenvalue weighted by Gasteiger charge is 2.32. The zero-order valence-electron chi connectivity index (χ0n) is 9.91. The van der Waals surface area contributed by atoms with Crippen molar-refractivity contribution in [2.45, 2.75) is 0 Å². The molecule has 20 heavy (non-hydrogen) atoms. The molecule has 0 aliphatic carbocycles. The Kier molecular flexibility index (Phi) is 2.12. The molecule has 0 saturated carbocycles. The number of hydrogen-bond donors (Lipinski definition) is 3. The number of hydrogen-bond acceptors (Lipinski definition) is 9. The molecule has 0 atom stereocenters. The second-order valence-corrected chi connectivity index (χ2v) is 3.73. The van der Waals surface area contributed by atoms with Crippen molar-refractivity contribution < 1.29 is 0 Å². The highest BCUT2D eigenvalue weighted by molar-refractivity contribution is 5.99. The third-order valence-electron chi connectivity index (χ3n) is 2.57.